The van der Waals surface area contributed by atoms with Crippen molar-refractivity contribution in [2.24, 2.45) is 0 Å². The molecule has 14 heavy (non-hydrogen) atoms. The van der Waals surface area contributed by atoms with Gasteiger partial charge >= 0.3 is 0 Å². The third kappa shape index (κ3) is 1.12. The van der Waals surface area contributed by atoms with Gasteiger partial charge in [-0.05, 0) is 23.6 Å². The van der Waals surface area contributed by atoms with Crippen molar-refractivity contribution in [2.45, 2.75) is 0 Å². The summed E-state index contributed by atoms with van der Waals surface area (Å²) in [7, 11) is 0. The first-order chi connectivity index (χ1) is 6.93. The van der Waals surface area contributed by atoms with Crippen LogP contribution in [0.5, 0.6) is 0 Å². The lowest BCUT2D eigenvalue weighted by molar-refractivity contribution is 0.577. The van der Waals surface area contributed by atoms with E-state index in [0.717, 1.165) is 10.2 Å². The van der Waals surface area contributed by atoms with E-state index in [1.807, 2.05) is 29.8 Å². The van der Waals surface area contributed by atoms with Gasteiger partial charge in [-0.25, -0.2) is 9.97 Å². The third-order valence-electron chi connectivity index (χ3n) is 1.95. The fourth-order valence-electron chi connectivity index (χ4n) is 1.29. The molecule has 0 N–H and O–H groups in total. The minimum atomic E-state index is 0.640. The maximum Gasteiger partial charge on any atom is 0.196 e. The molecule has 3 aromatic heterocycles. The quantitative estimate of drug-likeness (QED) is 0.609. The van der Waals surface area contributed by atoms with E-state index in [2.05, 4.69) is 9.97 Å². The maximum absolute atomic E-state index is 5.22. The van der Waals surface area contributed by atoms with Crippen LogP contribution in [0.15, 0.2) is 40.5 Å². The Morgan fingerprint density at radius 2 is 2.29 bits per heavy atom. The van der Waals surface area contributed by atoms with Gasteiger partial charge in [-0.2, -0.15) is 0 Å². The van der Waals surface area contributed by atoms with Crippen molar-refractivity contribution < 1.29 is 4.42 Å². The lowest BCUT2D eigenvalue weighted by atomic mass is 10.4. The van der Waals surface area contributed by atoms with Crippen molar-refractivity contribution in [3.8, 4) is 11.6 Å². The number of fused-ring (bicyclic) bond motifs is 1. The summed E-state index contributed by atoms with van der Waals surface area (Å²) in [6.07, 6.45) is 3.45. The smallest absolute Gasteiger partial charge is 0.196 e. The molecule has 4 heteroatoms. The Bertz CT molecular complexity index is 556. The Kier molecular flexibility index (Phi) is 1.61. The van der Waals surface area contributed by atoms with Crippen LogP contribution in [0.1, 0.15) is 0 Å². The van der Waals surface area contributed by atoms with Crippen molar-refractivity contribution in [3.63, 3.8) is 0 Å². The fourth-order valence-corrected chi connectivity index (χ4v) is 1.98. The molecule has 0 saturated heterocycles. The molecule has 0 aromatic carbocycles. The van der Waals surface area contributed by atoms with Gasteiger partial charge in [-0.15, -0.1) is 11.3 Å². The van der Waals surface area contributed by atoms with Crippen molar-refractivity contribution in [1.82, 2.24) is 9.97 Å². The van der Waals surface area contributed by atoms with E-state index in [-0.39, 0.29) is 0 Å². The van der Waals surface area contributed by atoms with E-state index in [1.54, 1.807) is 17.6 Å². The number of rotatable bonds is 1. The number of hydrogen-bond acceptors (Lipinski definition) is 4. The van der Waals surface area contributed by atoms with E-state index in [0.29, 0.717) is 11.6 Å². The second-order valence-corrected chi connectivity index (χ2v) is 3.79. The zero-order valence-corrected chi connectivity index (χ0v) is 7.99. The van der Waals surface area contributed by atoms with Gasteiger partial charge in [0.15, 0.2) is 11.6 Å². The molecule has 0 aliphatic heterocycles. The molecule has 0 atom stereocenters. The molecule has 0 aliphatic rings. The fraction of sp³-hybridized carbons (Fsp3) is 0. The first-order valence-corrected chi connectivity index (χ1v) is 5.05. The monoisotopic (exact) mass is 202 g/mol. The van der Waals surface area contributed by atoms with Crippen LogP contribution in [0.2, 0.25) is 0 Å². The van der Waals surface area contributed by atoms with E-state index in [4.69, 9.17) is 4.42 Å². The first-order valence-electron chi connectivity index (χ1n) is 4.17. The van der Waals surface area contributed by atoms with Gasteiger partial charge in [0.05, 0.1) is 16.5 Å². The molecule has 0 unspecified atom stereocenters. The van der Waals surface area contributed by atoms with E-state index in [1.165, 1.54) is 0 Å². The number of furan rings is 1. The van der Waals surface area contributed by atoms with Gasteiger partial charge in [0.25, 0.3) is 0 Å². The van der Waals surface area contributed by atoms with E-state index in [9.17, 15) is 0 Å². The van der Waals surface area contributed by atoms with Crippen molar-refractivity contribution in [3.05, 3.63) is 36.0 Å². The Morgan fingerprint density at radius 3 is 3.14 bits per heavy atom. The largest absolute Gasteiger partial charge is 0.461 e. The van der Waals surface area contributed by atoms with E-state index < -0.39 is 0 Å². The molecule has 0 amide bonds. The molecule has 3 heterocycles. The predicted molar refractivity (Wildman–Crippen MR) is 55.1 cm³/mol. The lowest BCUT2D eigenvalue weighted by Crippen LogP contribution is -1.85. The van der Waals surface area contributed by atoms with Gasteiger partial charge in [-0.1, -0.05) is 0 Å². The second-order valence-electron chi connectivity index (χ2n) is 2.84. The Balaban J connectivity index is 2.23. The van der Waals surface area contributed by atoms with E-state index >= 15 is 0 Å². The molecule has 0 spiro atoms. The normalized spacial score (nSPS) is 10.9. The molecule has 0 radical (unpaired) electrons. The van der Waals surface area contributed by atoms with Gasteiger partial charge in [0.2, 0.25) is 0 Å². The molecule has 3 aromatic rings. The highest BCUT2D eigenvalue weighted by Crippen LogP contribution is 2.21. The van der Waals surface area contributed by atoms with Gasteiger partial charge in [0, 0.05) is 6.20 Å². The van der Waals surface area contributed by atoms with Crippen molar-refractivity contribution >= 4 is 21.6 Å². The molecular formula is C10H6N2OS. The van der Waals surface area contributed by atoms with Gasteiger partial charge in [-0.3, -0.25) is 0 Å². The molecule has 3 nitrogen and oxygen atoms in total. The van der Waals surface area contributed by atoms with Crippen LogP contribution in [-0.2, 0) is 0 Å². The summed E-state index contributed by atoms with van der Waals surface area (Å²) in [6, 6.07) is 5.66. The minimum Gasteiger partial charge on any atom is -0.461 e. The number of nitrogens with zero attached hydrogens (tertiary/aromatic N) is 2. The third-order valence-corrected chi connectivity index (χ3v) is 2.79. The van der Waals surface area contributed by atoms with Crippen LogP contribution >= 0.6 is 11.3 Å². The summed E-state index contributed by atoms with van der Waals surface area (Å²) in [5, 5.41) is 2.01. The first kappa shape index (κ1) is 7.70. The zero-order chi connectivity index (χ0) is 9.38. The highest BCUT2D eigenvalue weighted by molar-refractivity contribution is 7.17. The van der Waals surface area contributed by atoms with Crippen molar-refractivity contribution in [2.75, 3.05) is 0 Å². The number of thiophene rings is 1. The molecule has 0 bridgehead atoms. The summed E-state index contributed by atoms with van der Waals surface area (Å²) in [4.78, 5) is 8.61. The molecule has 0 fully saturated rings. The number of aromatic nitrogens is 2. The minimum absolute atomic E-state index is 0.640. The summed E-state index contributed by atoms with van der Waals surface area (Å²) < 4.78 is 6.32. The average molecular weight is 202 g/mol. The highest BCUT2D eigenvalue weighted by Gasteiger charge is 2.05. The number of hydrogen-bond donors (Lipinski definition) is 0. The molecular weight excluding hydrogens is 196 g/mol. The van der Waals surface area contributed by atoms with Crippen LogP contribution in [0.25, 0.3) is 21.8 Å². The summed E-state index contributed by atoms with van der Waals surface area (Å²) in [6.45, 7) is 0. The Labute approximate surface area is 84.0 Å². The standard InChI is InChI=1S/C10H6N2OS/c1-2-8(13-4-1)10-11-6-9-7(12-10)3-5-14-9/h1-6H. The molecule has 3 rings (SSSR count). The second kappa shape index (κ2) is 2.92. The Hall–Kier alpha value is -1.68. The van der Waals surface area contributed by atoms with Crippen molar-refractivity contribution in [1.29, 1.82) is 0 Å². The molecule has 0 aliphatic carbocycles. The van der Waals surface area contributed by atoms with Crippen LogP contribution < -0.4 is 0 Å². The molecule has 68 valence electrons. The van der Waals surface area contributed by atoms with Gasteiger partial charge in [0.1, 0.15) is 0 Å². The van der Waals surface area contributed by atoms with Crippen LogP contribution in [-0.4, -0.2) is 9.97 Å². The molecule has 0 saturated carbocycles. The average Bonchev–Trinajstić information content (AvgIpc) is 2.88. The SMILES string of the molecule is c1coc(-c2ncc3sccc3n2)c1. The summed E-state index contributed by atoms with van der Waals surface area (Å²) >= 11 is 1.64. The van der Waals surface area contributed by atoms with Gasteiger partial charge < -0.3 is 4.42 Å². The van der Waals surface area contributed by atoms with Crippen LogP contribution in [0, 0.1) is 0 Å². The summed E-state index contributed by atoms with van der Waals surface area (Å²) in [5.74, 6) is 1.35. The topological polar surface area (TPSA) is 38.9 Å². The maximum atomic E-state index is 5.22. The predicted octanol–water partition coefficient (Wildman–Crippen LogP) is 2.95. The van der Waals surface area contributed by atoms with Crippen LogP contribution in [0.4, 0.5) is 0 Å². The highest BCUT2D eigenvalue weighted by atomic mass is 32.1. The lowest BCUT2D eigenvalue weighted by Gasteiger charge is -1.94. The summed E-state index contributed by atoms with van der Waals surface area (Å²) in [5.41, 5.74) is 0.969. The zero-order valence-electron chi connectivity index (χ0n) is 7.18. The van der Waals surface area contributed by atoms with Crippen LogP contribution in [0.3, 0.4) is 0 Å². The Morgan fingerprint density at radius 1 is 1.29 bits per heavy atom.